The molecule has 0 saturated heterocycles. The first-order valence-corrected chi connectivity index (χ1v) is 8.43. The van der Waals surface area contributed by atoms with Crippen molar-refractivity contribution in [3.05, 3.63) is 43.5 Å². The topological polar surface area (TPSA) is 44.5 Å². The number of benzene rings is 2. The van der Waals surface area contributed by atoms with E-state index in [-0.39, 0.29) is 6.10 Å². The molecule has 5 heteroatoms. The molecule has 0 bridgehead atoms. The van der Waals surface area contributed by atoms with E-state index in [1.807, 2.05) is 12.1 Å². The lowest BCUT2D eigenvalue weighted by atomic mass is 10.0. The summed E-state index contributed by atoms with van der Waals surface area (Å²) in [4.78, 5) is 0. The van der Waals surface area contributed by atoms with Crippen LogP contribution < -0.4 is 15.2 Å². The van der Waals surface area contributed by atoms with Gasteiger partial charge >= 0.3 is 0 Å². The maximum atomic E-state index is 6.01. The number of nitrogens with two attached hydrogens (primary N) is 1. The predicted octanol–water partition coefficient (Wildman–Crippen LogP) is 3.66. The van der Waals surface area contributed by atoms with Gasteiger partial charge in [-0.05, 0) is 62.9 Å². The number of fused-ring (bicyclic) bond motifs is 1. The lowest BCUT2D eigenvalue weighted by Crippen LogP contribution is -2.35. The van der Waals surface area contributed by atoms with E-state index in [1.165, 1.54) is 7.14 Å². The summed E-state index contributed by atoms with van der Waals surface area (Å²) in [5.74, 6) is 1.59. The van der Waals surface area contributed by atoms with Gasteiger partial charge < -0.3 is 15.2 Å². The maximum absolute atomic E-state index is 6.01. The molecule has 0 fully saturated rings. The van der Waals surface area contributed by atoms with Crippen LogP contribution in [-0.4, -0.2) is 19.3 Å². The second kappa shape index (κ2) is 6.07. The standard InChI is InChI=1S/C15H13I2NO2/c16-12-5-1-3-10(14(12)17)11-4-2-6-13-15(11)20-9(7-18)8-19-13/h1-6,9H,7-8,18H2. The quantitative estimate of drug-likeness (QED) is 0.651. The van der Waals surface area contributed by atoms with Crippen molar-refractivity contribution in [1.82, 2.24) is 0 Å². The van der Waals surface area contributed by atoms with Crippen LogP contribution in [0.3, 0.4) is 0 Å². The van der Waals surface area contributed by atoms with Gasteiger partial charge in [0.25, 0.3) is 0 Å². The Bertz CT molecular complexity index is 646. The number of halogens is 2. The Morgan fingerprint density at radius 2 is 1.85 bits per heavy atom. The molecular weight excluding hydrogens is 480 g/mol. The SMILES string of the molecule is NCC1COc2cccc(-c3cccc(I)c3I)c2O1. The third-order valence-electron chi connectivity index (χ3n) is 3.19. The molecule has 3 rings (SSSR count). The molecule has 1 heterocycles. The molecular formula is C15H13I2NO2. The number of ether oxygens (including phenoxy) is 2. The van der Waals surface area contributed by atoms with Crippen molar-refractivity contribution in [3.8, 4) is 22.6 Å². The zero-order chi connectivity index (χ0) is 14.1. The highest BCUT2D eigenvalue weighted by Gasteiger charge is 2.23. The molecule has 3 nitrogen and oxygen atoms in total. The van der Waals surface area contributed by atoms with Gasteiger partial charge in [0, 0.05) is 19.2 Å². The first kappa shape index (κ1) is 14.4. The Kier molecular flexibility index (Phi) is 4.37. The Morgan fingerprint density at radius 3 is 2.65 bits per heavy atom. The minimum atomic E-state index is -0.0795. The number of para-hydroxylation sites is 1. The largest absolute Gasteiger partial charge is 0.486 e. The lowest BCUT2D eigenvalue weighted by molar-refractivity contribution is 0.0976. The lowest BCUT2D eigenvalue weighted by Gasteiger charge is -2.27. The first-order valence-electron chi connectivity index (χ1n) is 6.27. The van der Waals surface area contributed by atoms with Gasteiger partial charge in [0.05, 0.1) is 0 Å². The molecule has 2 N–H and O–H groups in total. The highest BCUT2D eigenvalue weighted by molar-refractivity contribution is 14.1. The highest BCUT2D eigenvalue weighted by atomic mass is 127. The normalized spacial score (nSPS) is 17.1. The van der Waals surface area contributed by atoms with E-state index in [0.717, 1.165) is 22.6 Å². The van der Waals surface area contributed by atoms with E-state index in [0.29, 0.717) is 13.2 Å². The Morgan fingerprint density at radius 1 is 1.10 bits per heavy atom. The molecule has 1 unspecified atom stereocenters. The summed E-state index contributed by atoms with van der Waals surface area (Å²) in [5, 5.41) is 0. The second-order valence-electron chi connectivity index (χ2n) is 4.52. The van der Waals surface area contributed by atoms with Crippen molar-refractivity contribution >= 4 is 45.2 Å². The zero-order valence-corrected chi connectivity index (χ0v) is 14.9. The molecule has 0 spiro atoms. The van der Waals surface area contributed by atoms with E-state index in [1.54, 1.807) is 0 Å². The van der Waals surface area contributed by atoms with E-state index in [2.05, 4.69) is 69.4 Å². The molecule has 0 aliphatic carbocycles. The molecule has 0 saturated carbocycles. The summed E-state index contributed by atoms with van der Waals surface area (Å²) in [5.41, 5.74) is 7.92. The van der Waals surface area contributed by atoms with Gasteiger partial charge in [-0.1, -0.05) is 24.3 Å². The maximum Gasteiger partial charge on any atom is 0.169 e. The molecule has 2 aromatic rings. The molecule has 0 aromatic heterocycles. The monoisotopic (exact) mass is 493 g/mol. The smallest absolute Gasteiger partial charge is 0.169 e. The van der Waals surface area contributed by atoms with Gasteiger partial charge in [-0.3, -0.25) is 0 Å². The molecule has 0 radical (unpaired) electrons. The third-order valence-corrected chi connectivity index (χ3v) is 6.29. The first-order chi connectivity index (χ1) is 9.70. The Hall–Kier alpha value is -0.540. The van der Waals surface area contributed by atoms with Crippen LogP contribution in [0.15, 0.2) is 36.4 Å². The average Bonchev–Trinajstić information content (AvgIpc) is 2.49. The zero-order valence-electron chi connectivity index (χ0n) is 10.6. The van der Waals surface area contributed by atoms with Crippen LogP contribution in [0, 0.1) is 7.14 Å². The number of rotatable bonds is 2. The Labute approximate surface area is 145 Å². The third kappa shape index (κ3) is 2.62. The summed E-state index contributed by atoms with van der Waals surface area (Å²) in [6.07, 6.45) is -0.0795. The van der Waals surface area contributed by atoms with Gasteiger partial charge in [-0.15, -0.1) is 0 Å². The minimum absolute atomic E-state index is 0.0795. The van der Waals surface area contributed by atoms with Crippen LogP contribution in [-0.2, 0) is 0 Å². The van der Waals surface area contributed by atoms with Crippen molar-refractivity contribution < 1.29 is 9.47 Å². The van der Waals surface area contributed by atoms with Crippen molar-refractivity contribution in [1.29, 1.82) is 0 Å². The average molecular weight is 493 g/mol. The van der Waals surface area contributed by atoms with E-state index < -0.39 is 0 Å². The summed E-state index contributed by atoms with van der Waals surface area (Å²) >= 11 is 4.71. The van der Waals surface area contributed by atoms with E-state index in [9.17, 15) is 0 Å². The highest BCUT2D eigenvalue weighted by Crippen LogP contribution is 2.42. The van der Waals surface area contributed by atoms with Gasteiger partial charge in [0.15, 0.2) is 11.5 Å². The van der Waals surface area contributed by atoms with E-state index >= 15 is 0 Å². The summed E-state index contributed by atoms with van der Waals surface area (Å²) < 4.78 is 14.2. The fourth-order valence-electron chi connectivity index (χ4n) is 2.17. The minimum Gasteiger partial charge on any atom is -0.486 e. The number of hydrogen-bond acceptors (Lipinski definition) is 3. The van der Waals surface area contributed by atoms with E-state index in [4.69, 9.17) is 15.2 Å². The van der Waals surface area contributed by atoms with Crippen LogP contribution in [0.2, 0.25) is 0 Å². The van der Waals surface area contributed by atoms with Crippen molar-refractivity contribution in [2.45, 2.75) is 6.10 Å². The second-order valence-corrected chi connectivity index (χ2v) is 6.76. The van der Waals surface area contributed by atoms with Crippen LogP contribution >= 0.6 is 45.2 Å². The van der Waals surface area contributed by atoms with Gasteiger partial charge in [0.1, 0.15) is 12.7 Å². The molecule has 1 aliphatic rings. The van der Waals surface area contributed by atoms with Crippen LogP contribution in [0.1, 0.15) is 0 Å². The molecule has 1 aliphatic heterocycles. The fourth-order valence-corrected chi connectivity index (χ4v) is 3.32. The fraction of sp³-hybridized carbons (Fsp3) is 0.200. The van der Waals surface area contributed by atoms with Crippen LogP contribution in [0.25, 0.3) is 11.1 Å². The molecule has 20 heavy (non-hydrogen) atoms. The summed E-state index contributed by atoms with van der Waals surface area (Å²) in [6.45, 7) is 0.966. The summed E-state index contributed by atoms with van der Waals surface area (Å²) in [6, 6.07) is 12.3. The molecule has 0 amide bonds. The molecule has 1 atom stereocenters. The molecule has 2 aromatic carbocycles. The van der Waals surface area contributed by atoms with Crippen LogP contribution in [0.5, 0.6) is 11.5 Å². The Balaban J connectivity index is 2.13. The van der Waals surface area contributed by atoms with Crippen LogP contribution in [0.4, 0.5) is 0 Å². The van der Waals surface area contributed by atoms with Crippen molar-refractivity contribution in [3.63, 3.8) is 0 Å². The number of hydrogen-bond donors (Lipinski definition) is 1. The summed E-state index contributed by atoms with van der Waals surface area (Å²) in [7, 11) is 0. The predicted molar refractivity (Wildman–Crippen MR) is 96.3 cm³/mol. The van der Waals surface area contributed by atoms with Gasteiger partial charge in [0.2, 0.25) is 0 Å². The molecule has 104 valence electrons. The van der Waals surface area contributed by atoms with Crippen molar-refractivity contribution in [2.24, 2.45) is 5.73 Å². The van der Waals surface area contributed by atoms with Crippen molar-refractivity contribution in [2.75, 3.05) is 13.2 Å². The van der Waals surface area contributed by atoms with Gasteiger partial charge in [-0.25, -0.2) is 0 Å². The van der Waals surface area contributed by atoms with Gasteiger partial charge in [-0.2, -0.15) is 0 Å².